The number of H-pyrrole nitrogens is 1. The van der Waals surface area contributed by atoms with Gasteiger partial charge >= 0.3 is 0 Å². The van der Waals surface area contributed by atoms with Crippen molar-refractivity contribution in [3.8, 4) is 5.75 Å². The van der Waals surface area contributed by atoms with Crippen LogP contribution < -0.4 is 4.74 Å². The average molecular weight is 390 g/mol. The lowest BCUT2D eigenvalue weighted by Crippen LogP contribution is -2.38. The van der Waals surface area contributed by atoms with Crippen molar-refractivity contribution in [3.63, 3.8) is 0 Å². The summed E-state index contributed by atoms with van der Waals surface area (Å²) in [5.41, 5.74) is 3.89. The number of benzene rings is 2. The van der Waals surface area contributed by atoms with E-state index >= 15 is 0 Å². The number of nitrogens with one attached hydrogen (secondary N) is 1. The van der Waals surface area contributed by atoms with E-state index < -0.39 is 0 Å². The second kappa shape index (κ2) is 8.11. The Balaban J connectivity index is 1.43. The number of nitrogens with zero attached hydrogens (tertiary/aromatic N) is 1. The molecule has 0 spiro atoms. The van der Waals surface area contributed by atoms with Gasteiger partial charge in [0.2, 0.25) is 5.91 Å². The van der Waals surface area contributed by atoms with Crippen LogP contribution in [0.2, 0.25) is 0 Å². The van der Waals surface area contributed by atoms with Crippen molar-refractivity contribution < 1.29 is 14.3 Å². The number of likely N-dealkylation sites (tertiary alicyclic amines) is 1. The van der Waals surface area contributed by atoms with Crippen LogP contribution in [0.25, 0.3) is 10.9 Å². The minimum Gasteiger partial charge on any atom is -0.496 e. The molecule has 5 heteroatoms. The van der Waals surface area contributed by atoms with E-state index in [2.05, 4.69) is 29.4 Å². The summed E-state index contributed by atoms with van der Waals surface area (Å²) >= 11 is 0. The molecular formula is C24H26N2O3. The summed E-state index contributed by atoms with van der Waals surface area (Å²) in [6, 6.07) is 13.6. The summed E-state index contributed by atoms with van der Waals surface area (Å²) in [6.45, 7) is 3.03. The average Bonchev–Trinajstić information content (AvgIpc) is 3.18. The fraction of sp³-hybridized carbons (Fsp3) is 0.333. The lowest BCUT2D eigenvalue weighted by Gasteiger charge is -2.32. The molecule has 29 heavy (non-hydrogen) atoms. The van der Waals surface area contributed by atoms with Gasteiger partial charge in [0.1, 0.15) is 5.75 Å². The number of hydrogen-bond donors (Lipinski definition) is 1. The number of piperidine rings is 1. The quantitative estimate of drug-likeness (QED) is 0.660. The molecule has 0 saturated carbocycles. The Bertz CT molecular complexity index is 1050. The van der Waals surface area contributed by atoms with E-state index in [-0.39, 0.29) is 18.1 Å². The maximum atomic E-state index is 12.9. The van der Waals surface area contributed by atoms with Crippen molar-refractivity contribution in [1.29, 1.82) is 0 Å². The zero-order valence-electron chi connectivity index (χ0n) is 16.9. The summed E-state index contributed by atoms with van der Waals surface area (Å²) in [5, 5.41) is 1.28. The van der Waals surface area contributed by atoms with Gasteiger partial charge in [-0.05, 0) is 55.5 Å². The number of carbonyl (C=O) groups excluding carboxylic acids is 2. The first-order valence-electron chi connectivity index (χ1n) is 10.1. The molecule has 1 N–H and O–H groups in total. The molecule has 1 aromatic heterocycles. The van der Waals surface area contributed by atoms with Gasteiger partial charge in [-0.1, -0.05) is 18.2 Å². The SMILES string of the molecule is COc1ccc(C(C)=O)cc1CC(=O)N1CCC(c2c[nH]c3ccccc23)CC1. The molecule has 1 aliphatic rings. The molecule has 2 aromatic carbocycles. The van der Waals surface area contributed by atoms with E-state index in [1.54, 1.807) is 25.3 Å². The molecule has 1 aliphatic heterocycles. The third kappa shape index (κ3) is 3.90. The van der Waals surface area contributed by atoms with Gasteiger partial charge in [-0.15, -0.1) is 0 Å². The predicted octanol–water partition coefficient (Wildman–Crippen LogP) is 4.33. The molecule has 1 fully saturated rings. The summed E-state index contributed by atoms with van der Waals surface area (Å²) in [4.78, 5) is 29.9. The van der Waals surface area contributed by atoms with Crippen LogP contribution in [0.1, 0.15) is 47.2 Å². The number of amides is 1. The smallest absolute Gasteiger partial charge is 0.227 e. The Hall–Kier alpha value is -3.08. The van der Waals surface area contributed by atoms with Gasteiger partial charge in [0, 0.05) is 41.3 Å². The Morgan fingerprint density at radius 3 is 2.62 bits per heavy atom. The van der Waals surface area contributed by atoms with Crippen molar-refractivity contribution in [1.82, 2.24) is 9.88 Å². The van der Waals surface area contributed by atoms with Gasteiger partial charge in [0.15, 0.2) is 5.78 Å². The zero-order chi connectivity index (χ0) is 20.4. The van der Waals surface area contributed by atoms with E-state index in [9.17, 15) is 9.59 Å². The maximum Gasteiger partial charge on any atom is 0.227 e. The number of hydrogen-bond acceptors (Lipinski definition) is 3. The highest BCUT2D eigenvalue weighted by Gasteiger charge is 2.26. The van der Waals surface area contributed by atoms with Gasteiger partial charge in [-0.2, -0.15) is 0 Å². The van der Waals surface area contributed by atoms with E-state index in [1.807, 2.05) is 11.0 Å². The molecule has 2 heterocycles. The molecule has 150 valence electrons. The number of rotatable bonds is 5. The molecule has 0 bridgehead atoms. The largest absolute Gasteiger partial charge is 0.496 e. The van der Waals surface area contributed by atoms with Crippen LogP contribution in [-0.2, 0) is 11.2 Å². The number of para-hydroxylation sites is 1. The summed E-state index contributed by atoms with van der Waals surface area (Å²) < 4.78 is 5.39. The van der Waals surface area contributed by atoms with Gasteiger partial charge in [-0.25, -0.2) is 0 Å². The predicted molar refractivity (Wildman–Crippen MR) is 114 cm³/mol. The van der Waals surface area contributed by atoms with Crippen LogP contribution in [0.4, 0.5) is 0 Å². The molecule has 4 rings (SSSR count). The van der Waals surface area contributed by atoms with E-state index in [4.69, 9.17) is 4.74 Å². The van der Waals surface area contributed by atoms with Gasteiger partial charge in [-0.3, -0.25) is 9.59 Å². The minimum atomic E-state index is -0.0131. The molecule has 0 aliphatic carbocycles. The van der Waals surface area contributed by atoms with Crippen molar-refractivity contribution in [2.45, 2.75) is 32.1 Å². The number of ketones is 1. The van der Waals surface area contributed by atoms with Crippen molar-refractivity contribution in [2.24, 2.45) is 0 Å². The Kier molecular flexibility index (Phi) is 5.38. The number of ether oxygens (including phenoxy) is 1. The highest BCUT2D eigenvalue weighted by atomic mass is 16.5. The zero-order valence-corrected chi connectivity index (χ0v) is 16.9. The molecule has 0 atom stereocenters. The maximum absolute atomic E-state index is 12.9. The van der Waals surface area contributed by atoms with Gasteiger partial charge in [0.25, 0.3) is 0 Å². The van der Waals surface area contributed by atoms with Gasteiger partial charge < -0.3 is 14.6 Å². The number of Topliss-reactive ketones (excluding diaryl/α,β-unsaturated/α-hetero) is 1. The third-order valence-corrected chi connectivity index (χ3v) is 5.94. The number of fused-ring (bicyclic) bond motifs is 1. The van der Waals surface area contributed by atoms with Crippen LogP contribution in [0, 0.1) is 0 Å². The molecule has 1 amide bonds. The second-order valence-electron chi connectivity index (χ2n) is 7.70. The Morgan fingerprint density at radius 2 is 1.90 bits per heavy atom. The first-order valence-corrected chi connectivity index (χ1v) is 10.1. The molecule has 0 unspecified atom stereocenters. The van der Waals surface area contributed by atoms with Gasteiger partial charge in [0.05, 0.1) is 13.5 Å². The Morgan fingerprint density at radius 1 is 1.14 bits per heavy atom. The van der Waals surface area contributed by atoms with Crippen LogP contribution in [0.15, 0.2) is 48.7 Å². The topological polar surface area (TPSA) is 62.4 Å². The highest BCUT2D eigenvalue weighted by molar-refractivity contribution is 5.94. The van der Waals surface area contributed by atoms with E-state index in [0.29, 0.717) is 17.2 Å². The van der Waals surface area contributed by atoms with Crippen molar-refractivity contribution in [3.05, 3.63) is 65.4 Å². The van der Waals surface area contributed by atoms with Crippen LogP contribution in [0.5, 0.6) is 5.75 Å². The molecule has 3 aromatic rings. The van der Waals surface area contributed by atoms with Crippen molar-refractivity contribution in [2.75, 3.05) is 20.2 Å². The fourth-order valence-corrected chi connectivity index (χ4v) is 4.28. The number of methoxy groups -OCH3 is 1. The molecular weight excluding hydrogens is 364 g/mol. The first-order chi connectivity index (χ1) is 14.1. The number of aromatic amines is 1. The summed E-state index contributed by atoms with van der Waals surface area (Å²) in [5.74, 6) is 1.19. The molecule has 5 nitrogen and oxygen atoms in total. The van der Waals surface area contributed by atoms with Crippen LogP contribution >= 0.6 is 0 Å². The third-order valence-electron chi connectivity index (χ3n) is 5.94. The normalized spacial score (nSPS) is 14.9. The second-order valence-corrected chi connectivity index (χ2v) is 7.70. The monoisotopic (exact) mass is 390 g/mol. The van der Waals surface area contributed by atoms with E-state index in [0.717, 1.165) is 31.5 Å². The number of carbonyl (C=O) groups is 2. The number of aromatic nitrogens is 1. The lowest BCUT2D eigenvalue weighted by atomic mass is 9.89. The van der Waals surface area contributed by atoms with Crippen LogP contribution in [-0.4, -0.2) is 41.8 Å². The fourth-order valence-electron chi connectivity index (χ4n) is 4.28. The van der Waals surface area contributed by atoms with Crippen LogP contribution in [0.3, 0.4) is 0 Å². The highest BCUT2D eigenvalue weighted by Crippen LogP contribution is 2.33. The van der Waals surface area contributed by atoms with Crippen molar-refractivity contribution >= 4 is 22.6 Å². The standard InChI is InChI=1S/C24H26N2O3/c1-16(27)18-7-8-23(29-2)19(13-18)14-24(28)26-11-9-17(10-12-26)21-15-25-22-6-4-3-5-20(21)22/h3-8,13,15,17,25H,9-12,14H2,1-2H3. The lowest BCUT2D eigenvalue weighted by molar-refractivity contribution is -0.131. The Labute approximate surface area is 170 Å². The molecule has 0 radical (unpaired) electrons. The first kappa shape index (κ1) is 19.2. The minimum absolute atomic E-state index is 0.0131. The summed E-state index contributed by atoms with van der Waals surface area (Å²) in [7, 11) is 1.59. The molecule has 1 saturated heterocycles. The summed E-state index contributed by atoms with van der Waals surface area (Å²) in [6.07, 6.45) is 4.28. The van der Waals surface area contributed by atoms with E-state index in [1.165, 1.54) is 23.4 Å².